The van der Waals surface area contributed by atoms with E-state index in [0.29, 0.717) is 37.2 Å². The maximum atomic E-state index is 13.0. The first kappa shape index (κ1) is 20.7. The van der Waals surface area contributed by atoms with Crippen molar-refractivity contribution in [3.63, 3.8) is 0 Å². The molecule has 1 spiro atoms. The molecule has 2 aromatic rings. The molecule has 2 heterocycles. The van der Waals surface area contributed by atoms with Crippen LogP contribution in [0.25, 0.3) is 0 Å². The standard InChI is InChI=1S/C22H25NO6S/c1-27-18-4-6-19(7-5-18)30(25,26)23-13-11-22(12-14-23)10-9-16-15-17(21(24)28-2)3-8-20(16)29-22/h3-8,15H,9-14H2,1-2H3. The molecule has 7 nitrogen and oxygen atoms in total. The maximum absolute atomic E-state index is 13.0. The van der Waals surface area contributed by atoms with Crippen molar-refractivity contribution in [2.45, 2.75) is 36.2 Å². The summed E-state index contributed by atoms with van der Waals surface area (Å²) in [6.45, 7) is 0.813. The number of ether oxygens (including phenoxy) is 3. The number of carbonyl (C=O) groups is 1. The molecule has 160 valence electrons. The van der Waals surface area contributed by atoms with Crippen molar-refractivity contribution in [3.05, 3.63) is 53.6 Å². The highest BCUT2D eigenvalue weighted by atomic mass is 32.2. The highest BCUT2D eigenvalue weighted by Gasteiger charge is 2.42. The zero-order valence-corrected chi connectivity index (χ0v) is 17.9. The van der Waals surface area contributed by atoms with Crippen molar-refractivity contribution < 1.29 is 27.4 Å². The Labute approximate surface area is 176 Å². The number of carbonyl (C=O) groups excluding carboxylic acids is 1. The van der Waals surface area contributed by atoms with E-state index in [-0.39, 0.29) is 16.5 Å². The fourth-order valence-electron chi connectivity index (χ4n) is 4.15. The van der Waals surface area contributed by atoms with Gasteiger partial charge in [0.1, 0.15) is 17.1 Å². The minimum atomic E-state index is -3.55. The lowest BCUT2D eigenvalue weighted by molar-refractivity contribution is 0.00178. The SMILES string of the molecule is COC(=O)c1ccc2c(c1)CCC1(CCN(S(=O)(=O)c3ccc(OC)cc3)CC1)O2. The van der Waals surface area contributed by atoms with E-state index in [9.17, 15) is 13.2 Å². The van der Waals surface area contributed by atoms with Crippen molar-refractivity contribution in [2.24, 2.45) is 0 Å². The summed E-state index contributed by atoms with van der Waals surface area (Å²) < 4.78 is 43.7. The molecular weight excluding hydrogens is 406 g/mol. The number of nitrogens with zero attached hydrogens (tertiary/aromatic N) is 1. The van der Waals surface area contributed by atoms with Gasteiger partial charge >= 0.3 is 5.97 Å². The molecular formula is C22H25NO6S. The number of rotatable bonds is 4. The van der Waals surface area contributed by atoms with Crippen molar-refractivity contribution in [1.82, 2.24) is 4.31 Å². The number of fused-ring (bicyclic) bond motifs is 1. The highest BCUT2D eigenvalue weighted by Crippen LogP contribution is 2.40. The fourth-order valence-corrected chi connectivity index (χ4v) is 5.59. The monoisotopic (exact) mass is 431 g/mol. The normalized spacial score (nSPS) is 18.3. The lowest BCUT2D eigenvalue weighted by atomic mass is 9.83. The second kappa shape index (κ2) is 7.92. The van der Waals surface area contributed by atoms with E-state index in [1.807, 2.05) is 12.1 Å². The summed E-state index contributed by atoms with van der Waals surface area (Å²) in [7, 11) is -0.640. The molecule has 0 unspecified atom stereocenters. The third kappa shape index (κ3) is 3.77. The molecule has 1 saturated heterocycles. The lowest BCUT2D eigenvalue weighted by Gasteiger charge is -2.44. The quantitative estimate of drug-likeness (QED) is 0.692. The summed E-state index contributed by atoms with van der Waals surface area (Å²) >= 11 is 0. The van der Waals surface area contributed by atoms with Gasteiger partial charge in [0, 0.05) is 25.9 Å². The smallest absolute Gasteiger partial charge is 0.337 e. The van der Waals surface area contributed by atoms with E-state index in [2.05, 4.69) is 0 Å². The van der Waals surface area contributed by atoms with Crippen molar-refractivity contribution in [3.8, 4) is 11.5 Å². The van der Waals surface area contributed by atoms with Crippen LogP contribution < -0.4 is 9.47 Å². The van der Waals surface area contributed by atoms with Gasteiger partial charge in [0.2, 0.25) is 10.0 Å². The summed E-state index contributed by atoms with van der Waals surface area (Å²) in [5.74, 6) is 1.02. The minimum absolute atomic E-state index is 0.268. The van der Waals surface area contributed by atoms with Crippen molar-refractivity contribution in [2.75, 3.05) is 27.3 Å². The molecule has 0 atom stereocenters. The van der Waals surface area contributed by atoms with Crippen LogP contribution in [0.3, 0.4) is 0 Å². The van der Waals surface area contributed by atoms with Gasteiger partial charge in [0.15, 0.2) is 0 Å². The van der Waals surface area contributed by atoms with Gasteiger partial charge in [-0.3, -0.25) is 0 Å². The zero-order valence-electron chi connectivity index (χ0n) is 17.1. The average molecular weight is 432 g/mol. The summed E-state index contributed by atoms with van der Waals surface area (Å²) in [5.41, 5.74) is 1.12. The maximum Gasteiger partial charge on any atom is 0.337 e. The van der Waals surface area contributed by atoms with Crippen LogP contribution in [0.15, 0.2) is 47.4 Å². The molecule has 0 radical (unpaired) electrons. The van der Waals surface area contributed by atoms with Crippen LogP contribution in [-0.4, -0.2) is 51.6 Å². The predicted molar refractivity (Wildman–Crippen MR) is 110 cm³/mol. The number of hydrogen-bond donors (Lipinski definition) is 0. The van der Waals surface area contributed by atoms with Crippen LogP contribution in [0.2, 0.25) is 0 Å². The van der Waals surface area contributed by atoms with E-state index in [4.69, 9.17) is 14.2 Å². The molecule has 0 bridgehead atoms. The predicted octanol–water partition coefficient (Wildman–Crippen LogP) is 3.03. The van der Waals surface area contributed by atoms with E-state index in [1.54, 1.807) is 37.4 Å². The van der Waals surface area contributed by atoms with Gasteiger partial charge in [-0.05, 0) is 60.9 Å². The Morgan fingerprint density at radius 2 is 1.73 bits per heavy atom. The molecule has 1 fully saturated rings. The van der Waals surface area contributed by atoms with Gasteiger partial charge in [-0.25, -0.2) is 13.2 Å². The van der Waals surface area contributed by atoms with Gasteiger partial charge in [0.25, 0.3) is 0 Å². The zero-order chi connectivity index (χ0) is 21.4. The van der Waals surface area contributed by atoms with Crippen molar-refractivity contribution in [1.29, 1.82) is 0 Å². The van der Waals surface area contributed by atoms with Crippen LogP contribution in [0, 0.1) is 0 Å². The Kier molecular flexibility index (Phi) is 5.46. The fraction of sp³-hybridized carbons (Fsp3) is 0.409. The lowest BCUT2D eigenvalue weighted by Crippen LogP contribution is -2.51. The molecule has 0 aromatic heterocycles. The largest absolute Gasteiger partial charge is 0.497 e. The molecule has 2 aromatic carbocycles. The van der Waals surface area contributed by atoms with E-state index in [1.165, 1.54) is 11.4 Å². The first-order valence-electron chi connectivity index (χ1n) is 9.91. The Bertz CT molecular complexity index is 1040. The number of piperidine rings is 1. The number of methoxy groups -OCH3 is 2. The first-order chi connectivity index (χ1) is 14.4. The summed E-state index contributed by atoms with van der Waals surface area (Å²) in [6.07, 6.45) is 2.83. The Morgan fingerprint density at radius 3 is 2.37 bits per heavy atom. The van der Waals surface area contributed by atoms with Crippen LogP contribution in [-0.2, 0) is 21.2 Å². The Hall–Kier alpha value is -2.58. The molecule has 0 saturated carbocycles. The van der Waals surface area contributed by atoms with Crippen LogP contribution >= 0.6 is 0 Å². The minimum Gasteiger partial charge on any atom is -0.497 e. The van der Waals surface area contributed by atoms with Gasteiger partial charge in [-0.2, -0.15) is 4.31 Å². The topological polar surface area (TPSA) is 82.1 Å². The number of aryl methyl sites for hydroxylation is 1. The summed E-state index contributed by atoms with van der Waals surface area (Å²) in [6, 6.07) is 11.8. The molecule has 0 N–H and O–H groups in total. The van der Waals surface area contributed by atoms with Gasteiger partial charge in [-0.1, -0.05) is 0 Å². The van der Waals surface area contributed by atoms with Gasteiger partial charge < -0.3 is 14.2 Å². The van der Waals surface area contributed by atoms with E-state index >= 15 is 0 Å². The molecule has 0 amide bonds. The van der Waals surface area contributed by atoms with E-state index < -0.39 is 10.0 Å². The van der Waals surface area contributed by atoms with Crippen LogP contribution in [0.5, 0.6) is 11.5 Å². The summed E-state index contributed by atoms with van der Waals surface area (Å²) in [4.78, 5) is 12.0. The molecule has 4 rings (SSSR count). The van der Waals surface area contributed by atoms with Gasteiger partial charge in [-0.15, -0.1) is 0 Å². The third-order valence-electron chi connectivity index (χ3n) is 5.99. The number of sulfonamides is 1. The molecule has 8 heteroatoms. The third-order valence-corrected chi connectivity index (χ3v) is 7.90. The number of esters is 1. The molecule has 30 heavy (non-hydrogen) atoms. The Morgan fingerprint density at radius 1 is 1.03 bits per heavy atom. The Balaban J connectivity index is 1.46. The van der Waals surface area contributed by atoms with Crippen molar-refractivity contribution >= 4 is 16.0 Å². The molecule has 0 aliphatic carbocycles. The van der Waals surface area contributed by atoms with E-state index in [0.717, 1.165) is 24.2 Å². The number of hydrogen-bond acceptors (Lipinski definition) is 6. The average Bonchev–Trinajstić information content (AvgIpc) is 2.78. The van der Waals surface area contributed by atoms with Gasteiger partial charge in [0.05, 0.1) is 24.7 Å². The summed E-state index contributed by atoms with van der Waals surface area (Å²) in [5, 5.41) is 0. The van der Waals surface area contributed by atoms with Crippen LogP contribution in [0.1, 0.15) is 35.2 Å². The molecule has 2 aliphatic heterocycles. The number of benzene rings is 2. The van der Waals surface area contributed by atoms with Crippen LogP contribution in [0.4, 0.5) is 0 Å². The first-order valence-corrected chi connectivity index (χ1v) is 11.4. The second-order valence-corrected chi connectivity index (χ2v) is 9.62. The highest BCUT2D eigenvalue weighted by molar-refractivity contribution is 7.89. The molecule has 2 aliphatic rings. The second-order valence-electron chi connectivity index (χ2n) is 7.68.